The van der Waals surface area contributed by atoms with Gasteiger partial charge in [0.2, 0.25) is 0 Å². The summed E-state index contributed by atoms with van der Waals surface area (Å²) in [6, 6.07) is 1.68. The van der Waals surface area contributed by atoms with Crippen LogP contribution in [0, 0.1) is 6.92 Å². The number of aryl methyl sites for hydroxylation is 2. The van der Waals surface area contributed by atoms with E-state index in [2.05, 4.69) is 15.3 Å². The minimum atomic E-state index is -0.216. The minimum Gasteiger partial charge on any atom is -0.351 e. The molecule has 1 N–H and O–H groups in total. The highest BCUT2D eigenvalue weighted by molar-refractivity contribution is 6.33. The van der Waals surface area contributed by atoms with Crippen molar-refractivity contribution in [1.82, 2.24) is 19.9 Å². The number of aromatic nitrogens is 3. The second kappa shape index (κ2) is 5.84. The lowest BCUT2D eigenvalue weighted by Crippen LogP contribution is -2.26. The van der Waals surface area contributed by atoms with E-state index in [1.165, 1.54) is 6.20 Å². The van der Waals surface area contributed by atoms with Crippen molar-refractivity contribution < 1.29 is 4.79 Å². The number of amides is 1. The summed E-state index contributed by atoms with van der Waals surface area (Å²) in [5, 5.41) is 3.23. The molecule has 6 heteroatoms. The molecule has 2 heterocycles. The number of nitrogens with one attached hydrogen (secondary N) is 1. The fourth-order valence-electron chi connectivity index (χ4n) is 1.71. The monoisotopic (exact) mass is 278 g/mol. The molecule has 19 heavy (non-hydrogen) atoms. The van der Waals surface area contributed by atoms with E-state index < -0.39 is 0 Å². The third-order valence-corrected chi connectivity index (χ3v) is 3.10. The lowest BCUT2D eigenvalue weighted by Gasteiger charge is -2.07. The van der Waals surface area contributed by atoms with Gasteiger partial charge in [0.1, 0.15) is 5.82 Å². The van der Waals surface area contributed by atoms with Crippen molar-refractivity contribution >= 4 is 17.5 Å². The van der Waals surface area contributed by atoms with Crippen LogP contribution in [0.3, 0.4) is 0 Å². The van der Waals surface area contributed by atoms with E-state index >= 15 is 0 Å². The van der Waals surface area contributed by atoms with Crippen molar-refractivity contribution in [3.05, 3.63) is 46.8 Å². The molecule has 2 aromatic heterocycles. The van der Waals surface area contributed by atoms with Crippen LogP contribution in [0.1, 0.15) is 21.9 Å². The molecule has 2 aromatic rings. The first-order valence-electron chi connectivity index (χ1n) is 5.94. The van der Waals surface area contributed by atoms with Crippen LogP contribution in [0.5, 0.6) is 0 Å². The molecule has 2 rings (SSSR count). The number of pyridine rings is 1. The van der Waals surface area contributed by atoms with E-state index in [-0.39, 0.29) is 5.91 Å². The molecule has 0 aliphatic heterocycles. The number of carbonyl (C=O) groups excluding carboxylic acids is 1. The Morgan fingerprint density at radius 2 is 2.26 bits per heavy atom. The third kappa shape index (κ3) is 3.32. The molecular weight excluding hydrogens is 264 g/mol. The Morgan fingerprint density at radius 3 is 2.89 bits per heavy atom. The topological polar surface area (TPSA) is 59.8 Å². The molecule has 0 aliphatic rings. The Kier molecular flexibility index (Phi) is 4.16. The van der Waals surface area contributed by atoms with Gasteiger partial charge >= 0.3 is 0 Å². The standard InChI is InChI=1S/C13H15ClN4O/c1-9-7-11(14)10(8-17-9)13(19)16-4-3-12-15-5-6-18(12)2/h5-8H,3-4H2,1-2H3,(H,16,19). The fraction of sp³-hybridized carbons (Fsp3) is 0.308. The second-order valence-corrected chi connectivity index (χ2v) is 4.67. The fourth-order valence-corrected chi connectivity index (χ4v) is 2.01. The zero-order chi connectivity index (χ0) is 13.8. The highest BCUT2D eigenvalue weighted by Crippen LogP contribution is 2.15. The van der Waals surface area contributed by atoms with E-state index in [1.807, 2.05) is 24.7 Å². The van der Waals surface area contributed by atoms with E-state index in [1.54, 1.807) is 12.3 Å². The van der Waals surface area contributed by atoms with Crippen LogP contribution < -0.4 is 5.32 Å². The average molecular weight is 279 g/mol. The molecule has 0 aromatic carbocycles. The summed E-state index contributed by atoms with van der Waals surface area (Å²) in [4.78, 5) is 20.2. The normalized spacial score (nSPS) is 10.5. The largest absolute Gasteiger partial charge is 0.351 e. The van der Waals surface area contributed by atoms with E-state index in [0.717, 1.165) is 11.5 Å². The van der Waals surface area contributed by atoms with Crippen LogP contribution in [-0.2, 0) is 13.5 Å². The molecule has 0 aliphatic carbocycles. The van der Waals surface area contributed by atoms with Gasteiger partial charge in [-0.1, -0.05) is 11.6 Å². The first-order valence-corrected chi connectivity index (χ1v) is 6.32. The summed E-state index contributed by atoms with van der Waals surface area (Å²) in [7, 11) is 1.92. The number of rotatable bonds is 4. The van der Waals surface area contributed by atoms with Crippen molar-refractivity contribution in [2.45, 2.75) is 13.3 Å². The quantitative estimate of drug-likeness (QED) is 0.927. The summed E-state index contributed by atoms with van der Waals surface area (Å²) < 4.78 is 1.92. The first kappa shape index (κ1) is 13.5. The summed E-state index contributed by atoms with van der Waals surface area (Å²) >= 11 is 6.01. The Bertz CT molecular complexity index is 594. The van der Waals surface area contributed by atoms with Crippen molar-refractivity contribution in [2.24, 2.45) is 7.05 Å². The van der Waals surface area contributed by atoms with Gasteiger partial charge in [0.15, 0.2) is 0 Å². The van der Waals surface area contributed by atoms with Gasteiger partial charge in [-0.05, 0) is 13.0 Å². The van der Waals surface area contributed by atoms with Gasteiger partial charge in [0.05, 0.1) is 10.6 Å². The SMILES string of the molecule is Cc1cc(Cl)c(C(=O)NCCc2nccn2C)cn1. The van der Waals surface area contributed by atoms with Gasteiger partial charge < -0.3 is 9.88 Å². The average Bonchev–Trinajstić information content (AvgIpc) is 2.75. The smallest absolute Gasteiger partial charge is 0.254 e. The number of imidazole rings is 1. The molecule has 100 valence electrons. The second-order valence-electron chi connectivity index (χ2n) is 4.27. The molecule has 0 saturated heterocycles. The highest BCUT2D eigenvalue weighted by Gasteiger charge is 2.10. The predicted molar refractivity (Wildman–Crippen MR) is 73.2 cm³/mol. The summed E-state index contributed by atoms with van der Waals surface area (Å²) in [5.41, 5.74) is 1.18. The Labute approximate surface area is 116 Å². The highest BCUT2D eigenvalue weighted by atomic mass is 35.5. The maximum Gasteiger partial charge on any atom is 0.254 e. The first-order chi connectivity index (χ1) is 9.08. The van der Waals surface area contributed by atoms with Gasteiger partial charge in [-0.25, -0.2) is 4.98 Å². The summed E-state index contributed by atoms with van der Waals surface area (Å²) in [6.07, 6.45) is 5.77. The number of nitrogens with zero attached hydrogens (tertiary/aromatic N) is 3. The molecule has 5 nitrogen and oxygen atoms in total. The van der Waals surface area contributed by atoms with E-state index in [0.29, 0.717) is 23.6 Å². The Hall–Kier alpha value is -1.88. The molecule has 0 fully saturated rings. The molecule has 0 saturated carbocycles. The summed E-state index contributed by atoms with van der Waals surface area (Å²) in [6.45, 7) is 2.34. The van der Waals surface area contributed by atoms with Crippen LogP contribution >= 0.6 is 11.6 Å². The number of halogens is 1. The zero-order valence-corrected chi connectivity index (χ0v) is 11.6. The van der Waals surface area contributed by atoms with Gasteiger partial charge in [-0.3, -0.25) is 9.78 Å². The van der Waals surface area contributed by atoms with Crippen molar-refractivity contribution in [3.8, 4) is 0 Å². The van der Waals surface area contributed by atoms with Gasteiger partial charge in [0, 0.05) is 44.3 Å². The number of hydrogen-bond acceptors (Lipinski definition) is 3. The molecule has 0 spiro atoms. The van der Waals surface area contributed by atoms with Crippen molar-refractivity contribution in [2.75, 3.05) is 6.54 Å². The zero-order valence-electron chi connectivity index (χ0n) is 10.9. The Balaban J connectivity index is 1.93. The number of hydrogen-bond donors (Lipinski definition) is 1. The molecular formula is C13H15ClN4O. The van der Waals surface area contributed by atoms with Crippen molar-refractivity contribution in [3.63, 3.8) is 0 Å². The van der Waals surface area contributed by atoms with Crippen LogP contribution in [0.15, 0.2) is 24.7 Å². The summed E-state index contributed by atoms with van der Waals surface area (Å²) in [5.74, 6) is 0.708. The molecule has 0 bridgehead atoms. The molecule has 0 atom stereocenters. The van der Waals surface area contributed by atoms with E-state index in [4.69, 9.17) is 11.6 Å². The molecule has 1 amide bonds. The van der Waals surface area contributed by atoms with Gasteiger partial charge in [-0.15, -0.1) is 0 Å². The van der Waals surface area contributed by atoms with Crippen LogP contribution in [0.4, 0.5) is 0 Å². The number of carbonyl (C=O) groups is 1. The van der Waals surface area contributed by atoms with E-state index in [9.17, 15) is 4.79 Å². The predicted octanol–water partition coefficient (Wildman–Crippen LogP) is 1.75. The molecule has 0 unspecified atom stereocenters. The van der Waals surface area contributed by atoms with Gasteiger partial charge in [-0.2, -0.15) is 0 Å². The van der Waals surface area contributed by atoms with Crippen LogP contribution in [-0.4, -0.2) is 27.0 Å². The minimum absolute atomic E-state index is 0.216. The third-order valence-electron chi connectivity index (χ3n) is 2.79. The molecule has 0 radical (unpaired) electrons. The lowest BCUT2D eigenvalue weighted by molar-refractivity contribution is 0.0953. The van der Waals surface area contributed by atoms with Crippen molar-refractivity contribution in [1.29, 1.82) is 0 Å². The van der Waals surface area contributed by atoms with Crippen LogP contribution in [0.2, 0.25) is 5.02 Å². The lowest BCUT2D eigenvalue weighted by atomic mass is 10.2. The van der Waals surface area contributed by atoms with Gasteiger partial charge in [0.25, 0.3) is 5.91 Å². The maximum absolute atomic E-state index is 11.9. The maximum atomic E-state index is 11.9. The van der Waals surface area contributed by atoms with Crippen LogP contribution in [0.25, 0.3) is 0 Å². The Morgan fingerprint density at radius 1 is 1.47 bits per heavy atom.